The second-order valence-electron chi connectivity index (χ2n) is 4.75. The van der Waals surface area contributed by atoms with Crippen molar-refractivity contribution in [1.82, 2.24) is 5.32 Å². The Kier molecular flexibility index (Phi) is 5.89. The molecule has 0 spiro atoms. The van der Waals surface area contributed by atoms with Crippen molar-refractivity contribution in [3.8, 4) is 0 Å². The van der Waals surface area contributed by atoms with Crippen molar-refractivity contribution >= 4 is 5.91 Å². The van der Waals surface area contributed by atoms with E-state index in [-0.39, 0.29) is 36.4 Å². The van der Waals surface area contributed by atoms with Crippen molar-refractivity contribution in [2.24, 2.45) is 5.73 Å². The minimum absolute atomic E-state index is 0.00455. The van der Waals surface area contributed by atoms with Crippen LogP contribution in [-0.4, -0.2) is 18.0 Å². The lowest BCUT2D eigenvalue weighted by atomic mass is 10.1. The SMILES string of the molecule is CCC(N)CC(=O)NC(C)Cc1c(F)cccc1F. The van der Waals surface area contributed by atoms with E-state index in [1.54, 1.807) is 6.92 Å². The molecule has 0 saturated carbocycles. The van der Waals surface area contributed by atoms with Gasteiger partial charge in [0.1, 0.15) is 11.6 Å². The van der Waals surface area contributed by atoms with Crippen LogP contribution in [0.5, 0.6) is 0 Å². The summed E-state index contributed by atoms with van der Waals surface area (Å²) in [5, 5.41) is 2.70. The van der Waals surface area contributed by atoms with Crippen LogP contribution in [0.15, 0.2) is 18.2 Å². The number of nitrogens with two attached hydrogens (primary N) is 1. The van der Waals surface area contributed by atoms with Crippen LogP contribution in [0.3, 0.4) is 0 Å². The quantitative estimate of drug-likeness (QED) is 0.832. The maximum Gasteiger partial charge on any atom is 0.221 e. The summed E-state index contributed by atoms with van der Waals surface area (Å²) in [6.45, 7) is 3.61. The molecular weight excluding hydrogens is 250 g/mol. The first kappa shape index (κ1) is 15.6. The number of halogens is 2. The zero-order valence-corrected chi connectivity index (χ0v) is 11.2. The highest BCUT2D eigenvalue weighted by molar-refractivity contribution is 5.76. The van der Waals surface area contributed by atoms with Gasteiger partial charge in [-0.3, -0.25) is 4.79 Å². The predicted molar refractivity (Wildman–Crippen MR) is 70.6 cm³/mol. The molecule has 106 valence electrons. The van der Waals surface area contributed by atoms with Crippen LogP contribution in [-0.2, 0) is 11.2 Å². The average Bonchev–Trinajstić information content (AvgIpc) is 2.33. The van der Waals surface area contributed by atoms with Crippen LogP contribution in [0, 0.1) is 11.6 Å². The molecule has 2 unspecified atom stereocenters. The van der Waals surface area contributed by atoms with Gasteiger partial charge in [-0.15, -0.1) is 0 Å². The number of amides is 1. The van der Waals surface area contributed by atoms with Crippen molar-refractivity contribution in [1.29, 1.82) is 0 Å². The Morgan fingerprint density at radius 2 is 1.95 bits per heavy atom. The van der Waals surface area contributed by atoms with Gasteiger partial charge in [0, 0.05) is 24.1 Å². The van der Waals surface area contributed by atoms with Crippen molar-refractivity contribution < 1.29 is 13.6 Å². The van der Waals surface area contributed by atoms with E-state index in [2.05, 4.69) is 5.32 Å². The standard InChI is InChI=1S/C14H20F2N2O/c1-3-10(17)8-14(19)18-9(2)7-11-12(15)5-4-6-13(11)16/h4-6,9-10H,3,7-8,17H2,1-2H3,(H,18,19). The Morgan fingerprint density at radius 3 is 2.47 bits per heavy atom. The van der Waals surface area contributed by atoms with Gasteiger partial charge in [-0.1, -0.05) is 13.0 Å². The summed E-state index contributed by atoms with van der Waals surface area (Å²) in [5.41, 5.74) is 5.67. The Morgan fingerprint density at radius 1 is 1.37 bits per heavy atom. The molecule has 0 aliphatic rings. The second-order valence-corrected chi connectivity index (χ2v) is 4.75. The highest BCUT2D eigenvalue weighted by Crippen LogP contribution is 2.14. The summed E-state index contributed by atoms with van der Waals surface area (Å²) in [6.07, 6.45) is 1.05. The van der Waals surface area contributed by atoms with Gasteiger partial charge in [-0.25, -0.2) is 8.78 Å². The molecule has 3 N–H and O–H groups in total. The van der Waals surface area contributed by atoms with E-state index in [1.165, 1.54) is 18.2 Å². The number of hydrogen-bond acceptors (Lipinski definition) is 2. The molecule has 0 aliphatic carbocycles. The number of rotatable bonds is 6. The average molecular weight is 270 g/mol. The summed E-state index contributed by atoms with van der Waals surface area (Å²) < 4.78 is 26.9. The van der Waals surface area contributed by atoms with E-state index in [0.29, 0.717) is 6.42 Å². The van der Waals surface area contributed by atoms with E-state index < -0.39 is 11.6 Å². The van der Waals surface area contributed by atoms with Crippen LogP contribution in [0.4, 0.5) is 8.78 Å². The van der Waals surface area contributed by atoms with Crippen molar-refractivity contribution in [3.05, 3.63) is 35.4 Å². The fourth-order valence-corrected chi connectivity index (χ4v) is 1.80. The number of benzene rings is 1. The maximum atomic E-state index is 13.4. The highest BCUT2D eigenvalue weighted by Gasteiger charge is 2.15. The monoisotopic (exact) mass is 270 g/mol. The van der Waals surface area contributed by atoms with E-state index >= 15 is 0 Å². The van der Waals surface area contributed by atoms with Crippen LogP contribution in [0.25, 0.3) is 0 Å². The lowest BCUT2D eigenvalue weighted by molar-refractivity contribution is -0.122. The number of hydrogen-bond donors (Lipinski definition) is 2. The summed E-state index contributed by atoms with van der Waals surface area (Å²) in [7, 11) is 0. The normalized spacial score (nSPS) is 13.9. The molecule has 0 radical (unpaired) electrons. The Hall–Kier alpha value is -1.49. The van der Waals surface area contributed by atoms with E-state index in [0.717, 1.165) is 0 Å². The van der Waals surface area contributed by atoms with Crippen molar-refractivity contribution in [3.63, 3.8) is 0 Å². The molecule has 0 fully saturated rings. The van der Waals surface area contributed by atoms with Gasteiger partial charge < -0.3 is 11.1 Å². The van der Waals surface area contributed by atoms with Gasteiger partial charge in [0.2, 0.25) is 5.91 Å². The summed E-state index contributed by atoms with van der Waals surface area (Å²) in [4.78, 5) is 11.6. The van der Waals surface area contributed by atoms with Crippen LogP contribution >= 0.6 is 0 Å². The Bertz CT molecular complexity index is 417. The minimum Gasteiger partial charge on any atom is -0.353 e. The smallest absolute Gasteiger partial charge is 0.221 e. The zero-order chi connectivity index (χ0) is 14.4. The molecule has 1 amide bonds. The van der Waals surface area contributed by atoms with Gasteiger partial charge in [0.25, 0.3) is 0 Å². The highest BCUT2D eigenvalue weighted by atomic mass is 19.1. The van der Waals surface area contributed by atoms with Gasteiger partial charge >= 0.3 is 0 Å². The number of carbonyl (C=O) groups is 1. The maximum absolute atomic E-state index is 13.4. The summed E-state index contributed by atoms with van der Waals surface area (Å²) >= 11 is 0. The molecule has 1 rings (SSSR count). The first-order valence-corrected chi connectivity index (χ1v) is 6.41. The van der Waals surface area contributed by atoms with Gasteiger partial charge in [0.05, 0.1) is 0 Å². The van der Waals surface area contributed by atoms with Crippen LogP contribution < -0.4 is 11.1 Å². The second kappa shape index (κ2) is 7.19. The Labute approximate surface area is 112 Å². The molecule has 5 heteroatoms. The first-order valence-electron chi connectivity index (χ1n) is 6.41. The van der Waals surface area contributed by atoms with Gasteiger partial charge in [-0.05, 0) is 31.9 Å². The first-order chi connectivity index (χ1) is 8.93. The van der Waals surface area contributed by atoms with Gasteiger partial charge in [0.15, 0.2) is 0 Å². The largest absolute Gasteiger partial charge is 0.353 e. The third-order valence-electron chi connectivity index (χ3n) is 2.95. The third kappa shape index (κ3) is 4.95. The molecule has 0 saturated heterocycles. The number of carbonyl (C=O) groups excluding carboxylic acids is 1. The molecule has 1 aromatic carbocycles. The van der Waals surface area contributed by atoms with E-state index in [9.17, 15) is 13.6 Å². The van der Waals surface area contributed by atoms with E-state index in [1.807, 2.05) is 6.92 Å². The van der Waals surface area contributed by atoms with Gasteiger partial charge in [-0.2, -0.15) is 0 Å². The molecule has 0 aliphatic heterocycles. The molecule has 1 aromatic rings. The molecule has 19 heavy (non-hydrogen) atoms. The summed E-state index contributed by atoms with van der Waals surface area (Å²) in [6, 6.07) is 3.21. The molecule has 3 nitrogen and oxygen atoms in total. The lowest BCUT2D eigenvalue weighted by Gasteiger charge is -2.16. The fourth-order valence-electron chi connectivity index (χ4n) is 1.80. The Balaban J connectivity index is 2.56. The number of nitrogens with one attached hydrogen (secondary N) is 1. The molecule has 2 atom stereocenters. The topological polar surface area (TPSA) is 55.1 Å². The van der Waals surface area contributed by atoms with Crippen molar-refractivity contribution in [2.75, 3.05) is 0 Å². The van der Waals surface area contributed by atoms with Crippen molar-refractivity contribution in [2.45, 2.75) is 45.2 Å². The molecule has 0 aromatic heterocycles. The predicted octanol–water partition coefficient (Wildman–Crippen LogP) is 2.14. The zero-order valence-electron chi connectivity index (χ0n) is 11.2. The molecule has 0 heterocycles. The van der Waals surface area contributed by atoms with Crippen LogP contribution in [0.1, 0.15) is 32.3 Å². The lowest BCUT2D eigenvalue weighted by Crippen LogP contribution is -2.38. The molecule has 0 bridgehead atoms. The molecular formula is C14H20F2N2O. The fraction of sp³-hybridized carbons (Fsp3) is 0.500. The summed E-state index contributed by atoms with van der Waals surface area (Å²) in [5.74, 6) is -1.38. The van der Waals surface area contributed by atoms with Crippen LogP contribution in [0.2, 0.25) is 0 Å². The third-order valence-corrected chi connectivity index (χ3v) is 2.95. The minimum atomic E-state index is -0.591. The van der Waals surface area contributed by atoms with E-state index in [4.69, 9.17) is 5.73 Å².